The highest BCUT2D eigenvalue weighted by Crippen LogP contribution is 2.40. The van der Waals surface area contributed by atoms with E-state index < -0.39 is 0 Å². The Morgan fingerprint density at radius 3 is 2.73 bits per heavy atom. The predicted octanol–water partition coefficient (Wildman–Crippen LogP) is 5.08. The molecule has 0 N–H and O–H groups in total. The first-order chi connectivity index (χ1) is 10.5. The number of aryl methyl sites for hydroxylation is 1. The van der Waals surface area contributed by atoms with Gasteiger partial charge < -0.3 is 8.83 Å². The van der Waals surface area contributed by atoms with Crippen LogP contribution in [0.25, 0.3) is 27.7 Å². The minimum absolute atomic E-state index is 0.312. The molecule has 4 heteroatoms. The van der Waals surface area contributed by atoms with Gasteiger partial charge in [-0.3, -0.25) is 0 Å². The average molecular weight is 357 g/mol. The van der Waals surface area contributed by atoms with Crippen LogP contribution in [-0.4, -0.2) is 0 Å². The van der Waals surface area contributed by atoms with E-state index in [2.05, 4.69) is 28.9 Å². The zero-order valence-electron chi connectivity index (χ0n) is 12.2. The van der Waals surface area contributed by atoms with E-state index in [9.17, 15) is 4.79 Å². The molecule has 22 heavy (non-hydrogen) atoms. The topological polar surface area (TPSA) is 43.4 Å². The summed E-state index contributed by atoms with van der Waals surface area (Å²) in [7, 11) is 0. The largest absolute Gasteiger partial charge is 0.461 e. The van der Waals surface area contributed by atoms with E-state index in [1.165, 1.54) is 0 Å². The second-order valence-electron chi connectivity index (χ2n) is 5.57. The van der Waals surface area contributed by atoms with Gasteiger partial charge in [-0.2, -0.15) is 0 Å². The number of benzene rings is 1. The Labute approximate surface area is 135 Å². The van der Waals surface area contributed by atoms with Crippen LogP contribution in [-0.2, 0) is 6.42 Å². The first kappa shape index (κ1) is 13.6. The molecule has 0 radical (unpaired) electrons. The maximum atomic E-state index is 12.3. The molecular formula is C18H13BrO3. The predicted molar refractivity (Wildman–Crippen MR) is 90.0 cm³/mol. The highest BCUT2D eigenvalue weighted by Gasteiger charge is 2.24. The molecule has 0 unspecified atom stereocenters. The molecule has 110 valence electrons. The normalized spacial score (nSPS) is 13.5. The van der Waals surface area contributed by atoms with Gasteiger partial charge in [0.25, 0.3) is 0 Å². The van der Waals surface area contributed by atoms with E-state index >= 15 is 0 Å². The lowest BCUT2D eigenvalue weighted by molar-refractivity contribution is 0.475. The number of fused-ring (bicyclic) bond motifs is 5. The van der Waals surface area contributed by atoms with Gasteiger partial charge in [-0.1, -0.05) is 28.1 Å². The maximum absolute atomic E-state index is 12.3. The number of halogens is 1. The SMILES string of the molecule is CC1=CCc2oc(=O)c3cc(Br)ccc3c2-c2oc(C)cc21. The van der Waals surface area contributed by atoms with Gasteiger partial charge in [-0.15, -0.1) is 0 Å². The van der Waals surface area contributed by atoms with Crippen molar-refractivity contribution in [3.8, 4) is 11.3 Å². The molecule has 0 saturated carbocycles. The quantitative estimate of drug-likeness (QED) is 0.563. The lowest BCUT2D eigenvalue weighted by Gasteiger charge is -2.08. The third-order valence-electron chi connectivity index (χ3n) is 4.07. The fourth-order valence-electron chi connectivity index (χ4n) is 3.01. The molecular weight excluding hydrogens is 344 g/mol. The lowest BCUT2D eigenvalue weighted by atomic mass is 10.0. The molecule has 3 nitrogen and oxygen atoms in total. The summed E-state index contributed by atoms with van der Waals surface area (Å²) in [4.78, 5) is 12.3. The zero-order valence-corrected chi connectivity index (χ0v) is 13.8. The fraction of sp³-hybridized carbons (Fsp3) is 0.167. The van der Waals surface area contributed by atoms with Crippen LogP contribution in [0.5, 0.6) is 0 Å². The molecule has 0 aliphatic heterocycles. The summed E-state index contributed by atoms with van der Waals surface area (Å²) >= 11 is 3.41. The Kier molecular flexibility index (Phi) is 2.91. The first-order valence-corrected chi connectivity index (χ1v) is 7.87. The van der Waals surface area contributed by atoms with Crippen molar-refractivity contribution < 1.29 is 8.83 Å². The standard InChI is InChI=1S/C18H13BrO3/c1-9-3-6-15-16(17-13(9)7-10(2)21-17)12-5-4-11(19)8-14(12)18(20)22-15/h3-5,7-8H,6H2,1-2H3. The highest BCUT2D eigenvalue weighted by molar-refractivity contribution is 9.10. The van der Waals surface area contributed by atoms with E-state index in [4.69, 9.17) is 8.83 Å². The van der Waals surface area contributed by atoms with Gasteiger partial charge in [0.15, 0.2) is 0 Å². The van der Waals surface area contributed by atoms with Crippen LogP contribution in [0.3, 0.4) is 0 Å². The Hall–Kier alpha value is -2.07. The summed E-state index contributed by atoms with van der Waals surface area (Å²) in [5.41, 5.74) is 2.77. The van der Waals surface area contributed by atoms with Crippen molar-refractivity contribution in [2.24, 2.45) is 0 Å². The van der Waals surface area contributed by atoms with E-state index in [1.54, 1.807) is 6.07 Å². The van der Waals surface area contributed by atoms with Crippen molar-refractivity contribution in [1.82, 2.24) is 0 Å². The van der Waals surface area contributed by atoms with E-state index in [0.29, 0.717) is 17.6 Å². The van der Waals surface area contributed by atoms with Gasteiger partial charge in [0, 0.05) is 21.8 Å². The van der Waals surface area contributed by atoms with Gasteiger partial charge in [0.2, 0.25) is 0 Å². The molecule has 0 saturated heterocycles. The molecule has 0 spiro atoms. The molecule has 4 rings (SSSR count). The third kappa shape index (κ3) is 1.91. The molecule has 2 heterocycles. The van der Waals surface area contributed by atoms with Gasteiger partial charge in [0.1, 0.15) is 17.3 Å². The molecule has 1 aliphatic carbocycles. The minimum atomic E-state index is -0.312. The molecule has 3 aromatic rings. The Morgan fingerprint density at radius 2 is 1.91 bits per heavy atom. The van der Waals surface area contributed by atoms with Crippen molar-refractivity contribution >= 4 is 32.3 Å². The summed E-state index contributed by atoms with van der Waals surface area (Å²) in [6.07, 6.45) is 2.67. The van der Waals surface area contributed by atoms with Crippen LogP contribution in [0.1, 0.15) is 24.0 Å². The Balaban J connectivity index is 2.20. The van der Waals surface area contributed by atoms with Crippen LogP contribution < -0.4 is 5.63 Å². The van der Waals surface area contributed by atoms with Gasteiger partial charge in [-0.25, -0.2) is 4.79 Å². The average Bonchev–Trinajstić information content (AvgIpc) is 2.81. The molecule has 2 aromatic heterocycles. The van der Waals surface area contributed by atoms with E-state index in [-0.39, 0.29) is 5.63 Å². The zero-order chi connectivity index (χ0) is 15.4. The number of rotatable bonds is 0. The van der Waals surface area contributed by atoms with Crippen LogP contribution in [0, 0.1) is 6.92 Å². The van der Waals surface area contributed by atoms with Gasteiger partial charge >= 0.3 is 5.63 Å². The number of hydrogen-bond donors (Lipinski definition) is 0. The summed E-state index contributed by atoms with van der Waals surface area (Å²) in [5, 5.41) is 1.43. The second-order valence-corrected chi connectivity index (χ2v) is 6.48. The molecule has 0 amide bonds. The van der Waals surface area contributed by atoms with Gasteiger partial charge in [0.05, 0.1) is 10.9 Å². The second kappa shape index (κ2) is 4.71. The van der Waals surface area contributed by atoms with E-state index in [0.717, 1.165) is 38.1 Å². The monoisotopic (exact) mass is 356 g/mol. The van der Waals surface area contributed by atoms with Crippen LogP contribution >= 0.6 is 15.9 Å². The summed E-state index contributed by atoms with van der Waals surface area (Å²) in [6, 6.07) is 7.70. The first-order valence-electron chi connectivity index (χ1n) is 7.08. The molecule has 0 atom stereocenters. The van der Waals surface area contributed by atoms with Crippen LogP contribution in [0.2, 0.25) is 0 Å². The van der Waals surface area contributed by atoms with E-state index in [1.807, 2.05) is 25.1 Å². The Morgan fingerprint density at radius 1 is 1.09 bits per heavy atom. The van der Waals surface area contributed by atoms with Gasteiger partial charge in [-0.05, 0) is 37.6 Å². The van der Waals surface area contributed by atoms with Crippen molar-refractivity contribution in [2.45, 2.75) is 20.3 Å². The summed E-state index contributed by atoms with van der Waals surface area (Å²) in [6.45, 7) is 3.98. The molecule has 0 bridgehead atoms. The smallest absolute Gasteiger partial charge is 0.343 e. The lowest BCUT2D eigenvalue weighted by Crippen LogP contribution is -2.04. The maximum Gasteiger partial charge on any atom is 0.343 e. The molecule has 1 aromatic carbocycles. The third-order valence-corrected chi connectivity index (χ3v) is 4.56. The number of furan rings is 1. The van der Waals surface area contributed by atoms with Crippen LogP contribution in [0.4, 0.5) is 0 Å². The van der Waals surface area contributed by atoms with Crippen molar-refractivity contribution in [3.63, 3.8) is 0 Å². The number of hydrogen-bond acceptors (Lipinski definition) is 3. The Bertz CT molecular complexity index is 1010. The summed E-state index contributed by atoms with van der Waals surface area (Å²) in [5.74, 6) is 2.30. The molecule has 1 aliphatic rings. The van der Waals surface area contributed by atoms with Crippen molar-refractivity contribution in [3.05, 3.63) is 62.3 Å². The number of allylic oxidation sites excluding steroid dienone is 2. The highest BCUT2D eigenvalue weighted by atomic mass is 79.9. The van der Waals surface area contributed by atoms with Crippen molar-refractivity contribution in [1.29, 1.82) is 0 Å². The van der Waals surface area contributed by atoms with Crippen LogP contribution in [0.15, 0.2) is 48.4 Å². The molecule has 0 fully saturated rings. The minimum Gasteiger partial charge on any atom is -0.461 e. The van der Waals surface area contributed by atoms with Crippen molar-refractivity contribution in [2.75, 3.05) is 0 Å². The fourth-order valence-corrected chi connectivity index (χ4v) is 3.37. The summed E-state index contributed by atoms with van der Waals surface area (Å²) < 4.78 is 12.4.